The molecule has 1 fully saturated rings. The molecular weight excluding hydrogens is 430 g/mol. The number of benzene rings is 1. The average Bonchev–Trinajstić information content (AvgIpc) is 2.72. The molecule has 2 aromatic rings. The van der Waals surface area contributed by atoms with Crippen molar-refractivity contribution in [1.82, 2.24) is 15.1 Å². The van der Waals surface area contributed by atoms with Gasteiger partial charge in [-0.25, -0.2) is 0 Å². The van der Waals surface area contributed by atoms with Gasteiger partial charge in [-0.1, -0.05) is 0 Å². The maximum Gasteiger partial charge on any atom is 0.416 e. The molecule has 1 saturated heterocycles. The summed E-state index contributed by atoms with van der Waals surface area (Å²) >= 11 is 0. The van der Waals surface area contributed by atoms with E-state index in [1.54, 1.807) is 24.0 Å². The standard InChI is InChI=1S/C19H18F6N4O2/c1-2-31-16-4-3-15(26-27-16)28-5-7-29(8-6-28)17(30)12-9-13(18(20,21)22)11-14(10-12)19(23,24)25/h3-4,9-11H,2,5-8H2,1H3. The minimum absolute atomic E-state index is 0.000690. The fraction of sp³-hybridized carbons (Fsp3) is 0.421. The zero-order valence-corrected chi connectivity index (χ0v) is 16.3. The molecule has 0 N–H and O–H groups in total. The zero-order valence-electron chi connectivity index (χ0n) is 16.3. The predicted molar refractivity (Wildman–Crippen MR) is 97.8 cm³/mol. The quantitative estimate of drug-likeness (QED) is 0.665. The summed E-state index contributed by atoms with van der Waals surface area (Å²) in [6, 6.07) is 4.20. The van der Waals surface area contributed by atoms with Crippen LogP contribution in [0.25, 0.3) is 0 Å². The van der Waals surface area contributed by atoms with Crippen molar-refractivity contribution in [2.45, 2.75) is 19.3 Å². The summed E-state index contributed by atoms with van der Waals surface area (Å²) in [7, 11) is 0. The summed E-state index contributed by atoms with van der Waals surface area (Å²) in [6.45, 7) is 3.02. The van der Waals surface area contributed by atoms with Gasteiger partial charge in [-0.3, -0.25) is 4.79 Å². The molecule has 0 aliphatic carbocycles. The topological polar surface area (TPSA) is 58.6 Å². The van der Waals surface area contributed by atoms with Gasteiger partial charge in [0.15, 0.2) is 5.82 Å². The Morgan fingerprint density at radius 2 is 1.52 bits per heavy atom. The van der Waals surface area contributed by atoms with Crippen molar-refractivity contribution in [2.75, 3.05) is 37.7 Å². The Hall–Kier alpha value is -3.05. The number of amides is 1. The smallest absolute Gasteiger partial charge is 0.416 e. The van der Waals surface area contributed by atoms with Crippen molar-refractivity contribution in [2.24, 2.45) is 0 Å². The normalized spacial score (nSPS) is 15.2. The third-order valence-corrected chi connectivity index (χ3v) is 4.64. The number of rotatable bonds is 4. The Labute approximate surface area is 173 Å². The SMILES string of the molecule is CCOc1ccc(N2CCN(C(=O)c3cc(C(F)(F)F)cc(C(F)(F)F)c3)CC2)nn1. The van der Waals surface area contributed by atoms with Gasteiger partial charge in [0.1, 0.15) is 0 Å². The van der Waals surface area contributed by atoms with Crippen molar-refractivity contribution in [3.8, 4) is 5.88 Å². The fourth-order valence-electron chi connectivity index (χ4n) is 3.11. The molecule has 1 aliphatic heterocycles. The van der Waals surface area contributed by atoms with Crippen molar-refractivity contribution < 1.29 is 35.9 Å². The number of hydrogen-bond acceptors (Lipinski definition) is 5. The minimum atomic E-state index is -5.01. The molecule has 31 heavy (non-hydrogen) atoms. The number of halogens is 6. The van der Waals surface area contributed by atoms with Gasteiger partial charge in [-0.15, -0.1) is 10.2 Å². The monoisotopic (exact) mass is 448 g/mol. The van der Waals surface area contributed by atoms with Crippen LogP contribution in [-0.4, -0.2) is 53.8 Å². The van der Waals surface area contributed by atoms with Crippen LogP contribution in [0.4, 0.5) is 32.2 Å². The second-order valence-electron chi connectivity index (χ2n) is 6.74. The average molecular weight is 448 g/mol. The van der Waals surface area contributed by atoms with Crippen LogP contribution in [0.3, 0.4) is 0 Å². The highest BCUT2D eigenvalue weighted by molar-refractivity contribution is 5.95. The molecule has 1 aromatic carbocycles. The van der Waals surface area contributed by atoms with Crippen LogP contribution >= 0.6 is 0 Å². The molecule has 3 rings (SSSR count). The van der Waals surface area contributed by atoms with Crippen LogP contribution in [0.5, 0.6) is 5.88 Å². The lowest BCUT2D eigenvalue weighted by molar-refractivity contribution is -0.143. The molecule has 12 heteroatoms. The molecule has 0 spiro atoms. The number of aromatic nitrogens is 2. The summed E-state index contributed by atoms with van der Waals surface area (Å²) in [4.78, 5) is 15.7. The first-order valence-corrected chi connectivity index (χ1v) is 9.29. The number of hydrogen-bond donors (Lipinski definition) is 0. The second-order valence-corrected chi connectivity index (χ2v) is 6.74. The molecule has 2 heterocycles. The molecule has 1 amide bonds. The van der Waals surface area contributed by atoms with E-state index in [1.165, 1.54) is 4.90 Å². The number of nitrogens with zero attached hydrogens (tertiary/aromatic N) is 4. The van der Waals surface area contributed by atoms with E-state index in [-0.39, 0.29) is 19.2 Å². The summed E-state index contributed by atoms with van der Waals surface area (Å²) in [6.07, 6.45) is -10.0. The third-order valence-electron chi connectivity index (χ3n) is 4.64. The molecule has 1 aliphatic rings. The molecule has 1 aromatic heterocycles. The fourth-order valence-corrected chi connectivity index (χ4v) is 3.11. The molecule has 0 atom stereocenters. The van der Waals surface area contributed by atoms with Crippen molar-refractivity contribution in [1.29, 1.82) is 0 Å². The number of piperazine rings is 1. The Kier molecular flexibility index (Phi) is 6.27. The lowest BCUT2D eigenvalue weighted by atomic mass is 10.0. The number of ether oxygens (including phenoxy) is 1. The summed E-state index contributed by atoms with van der Waals surface area (Å²) in [5, 5.41) is 7.93. The highest BCUT2D eigenvalue weighted by Gasteiger charge is 2.38. The summed E-state index contributed by atoms with van der Waals surface area (Å²) in [5.41, 5.74) is -3.69. The highest BCUT2D eigenvalue weighted by Crippen LogP contribution is 2.36. The number of carbonyl (C=O) groups excluding carboxylic acids is 1. The van der Waals surface area contributed by atoms with Crippen LogP contribution in [0.1, 0.15) is 28.4 Å². The van der Waals surface area contributed by atoms with Crippen molar-refractivity contribution in [3.63, 3.8) is 0 Å². The summed E-state index contributed by atoms with van der Waals surface area (Å²) in [5.74, 6) is -0.0203. The first-order chi connectivity index (χ1) is 14.5. The zero-order chi connectivity index (χ0) is 22.8. The molecule has 0 bridgehead atoms. The Morgan fingerprint density at radius 3 is 1.97 bits per heavy atom. The maximum atomic E-state index is 13.0. The van der Waals surface area contributed by atoms with E-state index in [2.05, 4.69) is 10.2 Å². The van der Waals surface area contributed by atoms with Crippen molar-refractivity contribution >= 4 is 11.7 Å². The van der Waals surface area contributed by atoms with Crippen LogP contribution < -0.4 is 9.64 Å². The lowest BCUT2D eigenvalue weighted by Crippen LogP contribution is -2.49. The summed E-state index contributed by atoms with van der Waals surface area (Å²) < 4.78 is 83.4. The van der Waals surface area contributed by atoms with Gasteiger partial charge in [0, 0.05) is 37.8 Å². The van der Waals surface area contributed by atoms with E-state index in [9.17, 15) is 31.1 Å². The predicted octanol–water partition coefficient (Wildman–Crippen LogP) is 3.88. The van der Waals surface area contributed by atoms with Gasteiger partial charge in [0.2, 0.25) is 5.88 Å². The van der Waals surface area contributed by atoms with Crippen LogP contribution in [0, 0.1) is 0 Å². The van der Waals surface area contributed by atoms with E-state index < -0.39 is 35.0 Å². The van der Waals surface area contributed by atoms with Crippen LogP contribution in [0.2, 0.25) is 0 Å². The van der Waals surface area contributed by atoms with E-state index >= 15 is 0 Å². The number of alkyl halides is 6. The van der Waals surface area contributed by atoms with Gasteiger partial charge < -0.3 is 14.5 Å². The first kappa shape index (κ1) is 22.6. The van der Waals surface area contributed by atoms with Gasteiger partial charge >= 0.3 is 12.4 Å². The van der Waals surface area contributed by atoms with E-state index in [1.807, 2.05) is 0 Å². The van der Waals surface area contributed by atoms with Crippen LogP contribution in [0.15, 0.2) is 30.3 Å². The van der Waals surface area contributed by atoms with Gasteiger partial charge in [0.05, 0.1) is 17.7 Å². The molecule has 0 radical (unpaired) electrons. The Bertz CT molecular complexity index is 890. The van der Waals surface area contributed by atoms with Gasteiger partial charge in [-0.05, 0) is 31.2 Å². The largest absolute Gasteiger partial charge is 0.477 e. The number of carbonyl (C=O) groups is 1. The Balaban J connectivity index is 1.74. The van der Waals surface area contributed by atoms with Crippen LogP contribution in [-0.2, 0) is 12.4 Å². The second kappa shape index (κ2) is 8.60. The molecular formula is C19H18F6N4O2. The first-order valence-electron chi connectivity index (χ1n) is 9.29. The van der Waals surface area contributed by atoms with Crippen molar-refractivity contribution in [3.05, 3.63) is 47.0 Å². The molecule has 0 saturated carbocycles. The molecule has 168 valence electrons. The van der Waals surface area contributed by atoms with Gasteiger partial charge in [-0.2, -0.15) is 26.3 Å². The lowest BCUT2D eigenvalue weighted by Gasteiger charge is -2.35. The number of anilines is 1. The maximum absolute atomic E-state index is 13.0. The molecule has 0 unspecified atom stereocenters. The van der Waals surface area contributed by atoms with Gasteiger partial charge in [0.25, 0.3) is 5.91 Å². The Morgan fingerprint density at radius 1 is 0.935 bits per heavy atom. The molecule has 6 nitrogen and oxygen atoms in total. The minimum Gasteiger partial charge on any atom is -0.477 e. The van der Waals surface area contributed by atoms with E-state index in [0.29, 0.717) is 43.5 Å². The third kappa shape index (κ3) is 5.36. The van der Waals surface area contributed by atoms with E-state index in [4.69, 9.17) is 4.74 Å². The van der Waals surface area contributed by atoms with E-state index in [0.717, 1.165) is 0 Å². The highest BCUT2D eigenvalue weighted by atomic mass is 19.4.